The molecule has 0 unspecified atom stereocenters. The molecule has 1 nitrogen and oxygen atoms in total. The normalized spacial score (nSPS) is 11.6. The predicted molar refractivity (Wildman–Crippen MR) is 32.9 cm³/mol. The van der Waals surface area contributed by atoms with E-state index in [0.717, 1.165) is 12.3 Å². The van der Waals surface area contributed by atoms with E-state index in [0.29, 0.717) is 6.07 Å². The maximum Gasteiger partial charge on any atom is 0.527 e. The van der Waals surface area contributed by atoms with Crippen LogP contribution in [0.4, 0.5) is 17.3 Å². The summed E-state index contributed by atoms with van der Waals surface area (Å²) in [7, 11) is 0. The second-order valence-corrected chi connectivity index (χ2v) is 1.97. The lowest BCUT2D eigenvalue weighted by molar-refractivity contribution is 0.497. The molecule has 0 radical (unpaired) electrons. The van der Waals surface area contributed by atoms with Crippen molar-refractivity contribution in [3.8, 4) is 0 Å². The Morgan fingerprint density at radius 3 is 2.27 bits per heavy atom. The van der Waals surface area contributed by atoms with Gasteiger partial charge in [-0.3, -0.25) is 4.98 Å². The van der Waals surface area contributed by atoms with Gasteiger partial charge in [0.2, 0.25) is 0 Å². The van der Waals surface area contributed by atoms with Crippen LogP contribution in [0.25, 0.3) is 0 Å². The summed E-state index contributed by atoms with van der Waals surface area (Å²) in [5.74, 6) is -0.922. The topological polar surface area (TPSA) is 12.9 Å². The number of pyridine rings is 1. The Labute approximate surface area is 60.1 Å². The molecule has 0 aromatic carbocycles. The van der Waals surface area contributed by atoms with Crippen LogP contribution in [0.15, 0.2) is 18.3 Å². The zero-order valence-electron chi connectivity index (χ0n) is 5.27. The van der Waals surface area contributed by atoms with Gasteiger partial charge in [0.05, 0.1) is 0 Å². The van der Waals surface area contributed by atoms with E-state index in [-0.39, 0.29) is 0 Å². The van der Waals surface area contributed by atoms with E-state index in [9.17, 15) is 17.3 Å². The molecule has 0 saturated carbocycles. The van der Waals surface area contributed by atoms with Crippen LogP contribution in [0, 0.1) is 5.82 Å². The molecule has 0 spiro atoms. The lowest BCUT2D eigenvalue weighted by atomic mass is 9.86. The molecule has 1 aromatic rings. The summed E-state index contributed by atoms with van der Waals surface area (Å²) >= 11 is 0. The summed E-state index contributed by atoms with van der Waals surface area (Å²) in [4.78, 5) is 2.97. The summed E-state index contributed by atoms with van der Waals surface area (Å²) in [5.41, 5.74) is -1.15. The molecule has 0 N–H and O–H groups in total. The van der Waals surface area contributed by atoms with Crippen LogP contribution >= 0.6 is 0 Å². The summed E-state index contributed by atoms with van der Waals surface area (Å²) in [5, 5.41) is 0. The van der Waals surface area contributed by atoms with Crippen molar-refractivity contribution in [3.63, 3.8) is 0 Å². The van der Waals surface area contributed by atoms with Gasteiger partial charge in [0, 0.05) is 6.20 Å². The van der Waals surface area contributed by atoms with E-state index in [1.54, 1.807) is 0 Å². The SMILES string of the molecule is Fc1ccnc([B-](F)(F)F)c1. The number of nitrogens with zero attached hydrogens (tertiary/aromatic N) is 1. The molecule has 60 valence electrons. The van der Waals surface area contributed by atoms with Crippen molar-refractivity contribution in [3.05, 3.63) is 24.1 Å². The Kier molecular flexibility index (Phi) is 1.84. The van der Waals surface area contributed by atoms with Gasteiger partial charge in [0.15, 0.2) is 0 Å². The van der Waals surface area contributed by atoms with Crippen LogP contribution < -0.4 is 5.59 Å². The maximum absolute atomic E-state index is 12.2. The highest BCUT2D eigenvalue weighted by Gasteiger charge is 2.27. The van der Waals surface area contributed by atoms with E-state index in [1.165, 1.54) is 0 Å². The fraction of sp³-hybridized carbons (Fsp3) is 0. The Morgan fingerprint density at radius 2 is 1.91 bits per heavy atom. The second kappa shape index (κ2) is 2.52. The molecule has 0 bridgehead atoms. The van der Waals surface area contributed by atoms with Crippen LogP contribution in [-0.2, 0) is 0 Å². The zero-order valence-corrected chi connectivity index (χ0v) is 5.27. The monoisotopic (exact) mass is 164 g/mol. The Hall–Kier alpha value is -1.07. The van der Waals surface area contributed by atoms with Crippen molar-refractivity contribution in [2.24, 2.45) is 0 Å². The number of hydrogen-bond acceptors (Lipinski definition) is 1. The molecule has 11 heavy (non-hydrogen) atoms. The van der Waals surface area contributed by atoms with E-state index < -0.39 is 18.4 Å². The lowest BCUT2D eigenvalue weighted by Crippen LogP contribution is -2.36. The van der Waals surface area contributed by atoms with Gasteiger partial charge in [-0.15, -0.1) is 0 Å². The van der Waals surface area contributed by atoms with E-state index >= 15 is 0 Å². The molecule has 0 aliphatic heterocycles. The number of rotatable bonds is 1. The van der Waals surface area contributed by atoms with Gasteiger partial charge in [0.1, 0.15) is 5.82 Å². The van der Waals surface area contributed by atoms with Crippen LogP contribution in [0.5, 0.6) is 0 Å². The molecular formula is C5H3BF4N-. The molecule has 0 amide bonds. The molecule has 0 aliphatic carbocycles. The minimum Gasteiger partial charge on any atom is -0.444 e. The predicted octanol–water partition coefficient (Wildman–Crippen LogP) is 1.28. The lowest BCUT2D eigenvalue weighted by Gasteiger charge is -2.12. The van der Waals surface area contributed by atoms with Crippen LogP contribution in [0.1, 0.15) is 0 Å². The summed E-state index contributed by atoms with van der Waals surface area (Å²) in [6.07, 6.45) is 0.792. The molecular weight excluding hydrogens is 161 g/mol. The van der Waals surface area contributed by atoms with Gasteiger partial charge < -0.3 is 12.9 Å². The van der Waals surface area contributed by atoms with Gasteiger partial charge in [-0.25, -0.2) is 4.39 Å². The molecule has 0 saturated heterocycles. The summed E-state index contributed by atoms with van der Waals surface area (Å²) < 4.78 is 47.6. The van der Waals surface area contributed by atoms with Crippen molar-refractivity contribution < 1.29 is 17.3 Å². The summed E-state index contributed by atoms with van der Waals surface area (Å²) in [6.45, 7) is -5.17. The Morgan fingerprint density at radius 1 is 1.27 bits per heavy atom. The second-order valence-electron chi connectivity index (χ2n) is 1.97. The quantitative estimate of drug-likeness (QED) is 0.449. The molecule has 0 fully saturated rings. The van der Waals surface area contributed by atoms with Gasteiger partial charge in [-0.2, -0.15) is 0 Å². The standard InChI is InChI=1S/C5H3BF4N/c7-4-1-2-11-5(3-4)6(8,9)10/h1-3H/q-1. The minimum absolute atomic E-state index is 0.375. The van der Waals surface area contributed by atoms with Crippen molar-refractivity contribution >= 4 is 12.6 Å². The molecule has 6 heteroatoms. The first-order valence-corrected chi connectivity index (χ1v) is 2.81. The number of aromatic nitrogens is 1. The van der Waals surface area contributed by atoms with Gasteiger partial charge in [-0.1, -0.05) is 0 Å². The number of hydrogen-bond donors (Lipinski definition) is 0. The fourth-order valence-electron chi connectivity index (χ4n) is 0.600. The first kappa shape index (κ1) is 8.04. The zero-order chi connectivity index (χ0) is 8.48. The third kappa shape index (κ3) is 1.93. The fourth-order valence-corrected chi connectivity index (χ4v) is 0.600. The number of halogens is 4. The van der Waals surface area contributed by atoms with Crippen LogP contribution in [0.3, 0.4) is 0 Å². The first-order valence-electron chi connectivity index (χ1n) is 2.81. The average Bonchev–Trinajstić information content (AvgIpc) is 1.86. The van der Waals surface area contributed by atoms with Crippen LogP contribution in [0.2, 0.25) is 0 Å². The van der Waals surface area contributed by atoms with Crippen molar-refractivity contribution in [1.29, 1.82) is 0 Å². The largest absolute Gasteiger partial charge is 0.527 e. The Bertz CT molecular complexity index is 259. The van der Waals surface area contributed by atoms with Crippen molar-refractivity contribution in [2.75, 3.05) is 0 Å². The highest BCUT2D eigenvalue weighted by molar-refractivity contribution is 6.72. The average molecular weight is 164 g/mol. The highest BCUT2D eigenvalue weighted by Crippen LogP contribution is 2.07. The third-order valence-electron chi connectivity index (χ3n) is 1.08. The molecule has 1 heterocycles. The summed E-state index contributed by atoms with van der Waals surface area (Å²) in [6, 6.07) is 1.24. The van der Waals surface area contributed by atoms with Gasteiger partial charge >= 0.3 is 6.98 Å². The molecule has 0 aliphatic rings. The highest BCUT2D eigenvalue weighted by atomic mass is 19.4. The van der Waals surface area contributed by atoms with E-state index in [2.05, 4.69) is 4.98 Å². The minimum atomic E-state index is -5.17. The first-order chi connectivity index (χ1) is 5.00. The molecule has 0 atom stereocenters. The van der Waals surface area contributed by atoms with E-state index in [1.807, 2.05) is 0 Å². The van der Waals surface area contributed by atoms with E-state index in [4.69, 9.17) is 0 Å². The smallest absolute Gasteiger partial charge is 0.444 e. The molecule has 1 rings (SSSR count). The van der Waals surface area contributed by atoms with Crippen molar-refractivity contribution in [2.45, 2.75) is 0 Å². The van der Waals surface area contributed by atoms with Crippen LogP contribution in [-0.4, -0.2) is 12.0 Å². The van der Waals surface area contributed by atoms with Gasteiger partial charge in [0.25, 0.3) is 0 Å². The maximum atomic E-state index is 12.2. The van der Waals surface area contributed by atoms with Gasteiger partial charge in [-0.05, 0) is 17.7 Å². The third-order valence-corrected chi connectivity index (χ3v) is 1.08. The Balaban J connectivity index is 3.06. The van der Waals surface area contributed by atoms with Crippen molar-refractivity contribution in [1.82, 2.24) is 4.98 Å². The molecule has 1 aromatic heterocycles.